The lowest BCUT2D eigenvalue weighted by molar-refractivity contribution is 0.262. The van der Waals surface area contributed by atoms with Crippen molar-refractivity contribution in [1.29, 1.82) is 0 Å². The highest BCUT2D eigenvalue weighted by Gasteiger charge is 2.21. The van der Waals surface area contributed by atoms with Crippen LogP contribution in [0.3, 0.4) is 0 Å². The van der Waals surface area contributed by atoms with E-state index < -0.39 is 17.7 Å². The summed E-state index contributed by atoms with van der Waals surface area (Å²) in [5.41, 5.74) is 1.44. The summed E-state index contributed by atoms with van der Waals surface area (Å²) in [4.78, 5) is 22.0. The molecule has 0 spiro atoms. The maximum Gasteiger partial charge on any atom is 0.324 e. The summed E-state index contributed by atoms with van der Waals surface area (Å²) in [7, 11) is 4.81. The Kier molecular flexibility index (Phi) is 7.92. The van der Waals surface area contributed by atoms with E-state index in [4.69, 9.17) is 14.2 Å². The van der Waals surface area contributed by atoms with Crippen LogP contribution in [-0.2, 0) is 7.05 Å². The molecule has 3 aromatic carbocycles. The zero-order chi connectivity index (χ0) is 30.0. The smallest absolute Gasteiger partial charge is 0.324 e. The molecule has 0 radical (unpaired) electrons. The molecule has 0 saturated carbocycles. The van der Waals surface area contributed by atoms with Gasteiger partial charge in [-0.1, -0.05) is 26.0 Å². The summed E-state index contributed by atoms with van der Waals surface area (Å²) in [6.07, 6.45) is 1.57. The van der Waals surface area contributed by atoms with Crippen molar-refractivity contribution in [1.82, 2.24) is 14.5 Å². The molecule has 0 unspecified atom stereocenters. The standard InChI is InChI=1S/C31H29F2N5O4/c1-17(2)29-36-28(18-7-6-8-19(32)13-18)30(38(29)3)37-31(39)35-23-10-9-20(14-22(23)33)42-25-11-12-34-24-16-27(41-5)26(40-4)15-21(24)25/h6-17H,1-5H3,(H2,35,37,39). The topological polar surface area (TPSA) is 99.5 Å². The van der Waals surface area contributed by atoms with E-state index in [2.05, 4.69) is 20.6 Å². The molecular weight excluding hydrogens is 544 g/mol. The second-order valence-electron chi connectivity index (χ2n) is 9.75. The van der Waals surface area contributed by atoms with Crippen molar-refractivity contribution in [3.63, 3.8) is 0 Å². The lowest BCUT2D eigenvalue weighted by Gasteiger charge is -2.14. The van der Waals surface area contributed by atoms with Crippen LogP contribution in [0, 0.1) is 11.6 Å². The zero-order valence-corrected chi connectivity index (χ0v) is 23.7. The highest BCUT2D eigenvalue weighted by atomic mass is 19.1. The number of anilines is 2. The third-order valence-electron chi connectivity index (χ3n) is 6.60. The van der Waals surface area contributed by atoms with Crippen molar-refractivity contribution in [2.24, 2.45) is 7.05 Å². The molecule has 216 valence electrons. The molecule has 0 aliphatic carbocycles. The minimum Gasteiger partial charge on any atom is -0.493 e. The average molecular weight is 574 g/mol. The number of fused-ring (bicyclic) bond motifs is 1. The molecule has 5 rings (SSSR count). The number of amides is 2. The molecular formula is C31H29F2N5O4. The Morgan fingerprint density at radius 1 is 0.929 bits per heavy atom. The largest absolute Gasteiger partial charge is 0.493 e. The van der Waals surface area contributed by atoms with Gasteiger partial charge in [0.25, 0.3) is 0 Å². The molecule has 0 atom stereocenters. The molecule has 0 aliphatic heterocycles. The normalized spacial score (nSPS) is 11.0. The minimum absolute atomic E-state index is 0.0338. The van der Waals surface area contributed by atoms with Gasteiger partial charge in [0.2, 0.25) is 0 Å². The second kappa shape index (κ2) is 11.7. The number of carbonyl (C=O) groups is 1. The Morgan fingerprint density at radius 2 is 1.69 bits per heavy atom. The fourth-order valence-electron chi connectivity index (χ4n) is 4.60. The van der Waals surface area contributed by atoms with Crippen molar-refractivity contribution in [3.8, 4) is 34.3 Å². The van der Waals surface area contributed by atoms with E-state index in [1.54, 1.807) is 48.1 Å². The minimum atomic E-state index is -0.710. The summed E-state index contributed by atoms with van der Waals surface area (Å²) in [6.45, 7) is 3.92. The molecule has 42 heavy (non-hydrogen) atoms. The van der Waals surface area contributed by atoms with Gasteiger partial charge in [0.05, 0.1) is 25.4 Å². The number of aromatic nitrogens is 3. The van der Waals surface area contributed by atoms with E-state index in [1.807, 2.05) is 13.8 Å². The first-order valence-corrected chi connectivity index (χ1v) is 13.1. The number of rotatable bonds is 8. The van der Waals surface area contributed by atoms with Gasteiger partial charge < -0.3 is 24.1 Å². The number of methoxy groups -OCH3 is 2. The van der Waals surface area contributed by atoms with Gasteiger partial charge in [-0.2, -0.15) is 0 Å². The van der Waals surface area contributed by atoms with Gasteiger partial charge in [-0.25, -0.2) is 18.6 Å². The number of hydrogen-bond acceptors (Lipinski definition) is 6. The van der Waals surface area contributed by atoms with Crippen LogP contribution in [0.5, 0.6) is 23.0 Å². The van der Waals surface area contributed by atoms with E-state index >= 15 is 4.39 Å². The number of pyridine rings is 1. The fraction of sp³-hybridized carbons (Fsp3) is 0.194. The van der Waals surface area contributed by atoms with Gasteiger partial charge in [-0.3, -0.25) is 10.3 Å². The predicted molar refractivity (Wildman–Crippen MR) is 157 cm³/mol. The third kappa shape index (κ3) is 5.67. The number of urea groups is 1. The molecule has 9 nitrogen and oxygen atoms in total. The molecule has 2 heterocycles. The maximum absolute atomic E-state index is 15.1. The quantitative estimate of drug-likeness (QED) is 0.200. The van der Waals surface area contributed by atoms with Crippen molar-refractivity contribution in [2.45, 2.75) is 19.8 Å². The maximum atomic E-state index is 15.1. The van der Waals surface area contributed by atoms with Crippen molar-refractivity contribution in [2.75, 3.05) is 24.9 Å². The average Bonchev–Trinajstić information content (AvgIpc) is 3.29. The van der Waals surface area contributed by atoms with Gasteiger partial charge in [0, 0.05) is 42.2 Å². The molecule has 2 aromatic heterocycles. The SMILES string of the molecule is COc1cc2nccc(Oc3ccc(NC(=O)Nc4c(-c5cccc(F)c5)nc(C(C)C)n4C)c(F)c3)c2cc1OC. The zero-order valence-electron chi connectivity index (χ0n) is 23.7. The predicted octanol–water partition coefficient (Wildman–Crippen LogP) is 7.49. The van der Waals surface area contributed by atoms with Crippen LogP contribution < -0.4 is 24.8 Å². The van der Waals surface area contributed by atoms with Gasteiger partial charge in [-0.15, -0.1) is 0 Å². The van der Waals surface area contributed by atoms with Crippen LogP contribution in [0.25, 0.3) is 22.2 Å². The Morgan fingerprint density at radius 3 is 2.38 bits per heavy atom. The first-order valence-electron chi connectivity index (χ1n) is 13.1. The fourth-order valence-corrected chi connectivity index (χ4v) is 4.60. The monoisotopic (exact) mass is 573 g/mol. The number of hydrogen-bond donors (Lipinski definition) is 2. The van der Waals surface area contributed by atoms with Gasteiger partial charge in [-0.05, 0) is 36.4 Å². The highest BCUT2D eigenvalue weighted by molar-refractivity contribution is 6.01. The molecule has 5 aromatic rings. The third-order valence-corrected chi connectivity index (χ3v) is 6.60. The number of carbonyl (C=O) groups excluding carboxylic acids is 1. The Bertz CT molecular complexity index is 1790. The van der Waals surface area contributed by atoms with Crippen LogP contribution in [0.15, 0.2) is 66.9 Å². The molecule has 11 heteroatoms. The number of nitrogens with zero attached hydrogens (tertiary/aromatic N) is 3. The molecule has 2 N–H and O–H groups in total. The van der Waals surface area contributed by atoms with Gasteiger partial charge >= 0.3 is 6.03 Å². The summed E-state index contributed by atoms with van der Waals surface area (Å²) in [6, 6.07) is 14.5. The van der Waals surface area contributed by atoms with E-state index in [0.29, 0.717) is 51.1 Å². The van der Waals surface area contributed by atoms with E-state index in [0.717, 1.165) is 0 Å². The lowest BCUT2D eigenvalue weighted by atomic mass is 10.1. The highest BCUT2D eigenvalue weighted by Crippen LogP contribution is 2.37. The van der Waals surface area contributed by atoms with Crippen LogP contribution in [0.4, 0.5) is 25.1 Å². The summed E-state index contributed by atoms with van der Waals surface area (Å²) in [5.74, 6) is 1.59. The molecule has 0 fully saturated rings. The number of ether oxygens (including phenoxy) is 3. The first-order chi connectivity index (χ1) is 20.2. The Balaban J connectivity index is 1.37. The first kappa shape index (κ1) is 28.3. The molecule has 0 aliphatic rings. The van der Waals surface area contributed by atoms with Crippen LogP contribution in [0.2, 0.25) is 0 Å². The van der Waals surface area contributed by atoms with Gasteiger partial charge in [0.1, 0.15) is 40.5 Å². The van der Waals surface area contributed by atoms with Crippen molar-refractivity contribution >= 4 is 28.4 Å². The second-order valence-corrected chi connectivity index (χ2v) is 9.75. The molecule has 2 amide bonds. The Hall–Kier alpha value is -5.19. The van der Waals surface area contributed by atoms with Gasteiger partial charge in [0.15, 0.2) is 11.5 Å². The molecule has 0 saturated heterocycles. The van der Waals surface area contributed by atoms with E-state index in [-0.39, 0.29) is 17.4 Å². The van der Waals surface area contributed by atoms with Crippen LogP contribution in [0.1, 0.15) is 25.6 Å². The van der Waals surface area contributed by atoms with E-state index in [1.165, 1.54) is 44.6 Å². The van der Waals surface area contributed by atoms with E-state index in [9.17, 15) is 9.18 Å². The number of benzene rings is 3. The number of nitrogens with one attached hydrogen (secondary N) is 2. The number of halogens is 2. The Labute approximate surface area is 241 Å². The van der Waals surface area contributed by atoms with Crippen molar-refractivity contribution in [3.05, 3.63) is 84.3 Å². The lowest BCUT2D eigenvalue weighted by Crippen LogP contribution is -2.22. The number of imidazole rings is 1. The summed E-state index contributed by atoms with van der Waals surface area (Å²) >= 11 is 0. The van der Waals surface area contributed by atoms with Crippen LogP contribution >= 0.6 is 0 Å². The van der Waals surface area contributed by atoms with Crippen molar-refractivity contribution < 1.29 is 27.8 Å². The molecule has 0 bridgehead atoms. The van der Waals surface area contributed by atoms with Crippen LogP contribution in [-0.4, -0.2) is 34.8 Å². The summed E-state index contributed by atoms with van der Waals surface area (Å²) < 4.78 is 47.5. The summed E-state index contributed by atoms with van der Waals surface area (Å²) in [5, 5.41) is 5.91.